The Balaban J connectivity index is 1.79. The van der Waals surface area contributed by atoms with Crippen molar-refractivity contribution < 1.29 is 4.74 Å². The lowest BCUT2D eigenvalue weighted by atomic mass is 10.2. The molecule has 0 bridgehead atoms. The number of aryl methyl sites for hydroxylation is 1. The standard InChI is InChI=1S/C13H16N6OS/c1-18-13(21)11(7-14-18)12-15-16-17-19(12)8-9-3-5-10(20-2)6-4-9/h3-7,16-17,21H,8H2,1-2H3. The van der Waals surface area contributed by atoms with Crippen LogP contribution in [0.15, 0.2) is 40.6 Å². The van der Waals surface area contributed by atoms with E-state index in [0.29, 0.717) is 6.54 Å². The molecule has 0 saturated carbocycles. The van der Waals surface area contributed by atoms with E-state index in [1.165, 1.54) is 0 Å². The fraction of sp³-hybridized carbons (Fsp3) is 0.231. The number of hydrazine groups is 2. The fourth-order valence-electron chi connectivity index (χ4n) is 2.07. The maximum absolute atomic E-state index is 5.16. The van der Waals surface area contributed by atoms with Crippen molar-refractivity contribution in [1.29, 1.82) is 0 Å². The third kappa shape index (κ3) is 2.67. The van der Waals surface area contributed by atoms with Crippen LogP contribution in [0.4, 0.5) is 0 Å². The molecule has 110 valence electrons. The van der Waals surface area contributed by atoms with Crippen LogP contribution in [-0.4, -0.2) is 27.7 Å². The molecule has 0 spiro atoms. The number of thiol groups is 1. The summed E-state index contributed by atoms with van der Waals surface area (Å²) < 4.78 is 6.86. The van der Waals surface area contributed by atoms with Gasteiger partial charge in [-0.25, -0.2) is 5.53 Å². The van der Waals surface area contributed by atoms with E-state index >= 15 is 0 Å². The van der Waals surface area contributed by atoms with Crippen LogP contribution < -0.4 is 15.8 Å². The van der Waals surface area contributed by atoms with E-state index in [1.807, 2.05) is 36.3 Å². The molecule has 0 radical (unpaired) electrons. The molecule has 0 amide bonds. The lowest BCUT2D eigenvalue weighted by Crippen LogP contribution is -2.40. The van der Waals surface area contributed by atoms with Gasteiger partial charge in [-0.05, 0) is 17.7 Å². The van der Waals surface area contributed by atoms with Crippen molar-refractivity contribution in [3.63, 3.8) is 0 Å². The zero-order chi connectivity index (χ0) is 14.8. The van der Waals surface area contributed by atoms with Gasteiger partial charge in [0.1, 0.15) is 10.8 Å². The number of benzene rings is 1. The van der Waals surface area contributed by atoms with Crippen LogP contribution in [-0.2, 0) is 13.6 Å². The molecule has 2 heterocycles. The quantitative estimate of drug-likeness (QED) is 0.733. The van der Waals surface area contributed by atoms with Crippen molar-refractivity contribution in [1.82, 2.24) is 25.9 Å². The highest BCUT2D eigenvalue weighted by molar-refractivity contribution is 7.80. The predicted molar refractivity (Wildman–Crippen MR) is 81.8 cm³/mol. The molecule has 0 fully saturated rings. The van der Waals surface area contributed by atoms with Crippen LogP contribution in [0.1, 0.15) is 11.1 Å². The molecule has 0 unspecified atom stereocenters. The third-order valence-corrected chi connectivity index (χ3v) is 3.78. The summed E-state index contributed by atoms with van der Waals surface area (Å²) >= 11 is 4.45. The first kappa shape index (κ1) is 13.8. The molecule has 2 N–H and O–H groups in total. The van der Waals surface area contributed by atoms with Crippen molar-refractivity contribution in [2.45, 2.75) is 11.6 Å². The second-order valence-electron chi connectivity index (χ2n) is 4.60. The van der Waals surface area contributed by atoms with Gasteiger partial charge < -0.3 is 4.74 Å². The van der Waals surface area contributed by atoms with E-state index in [1.54, 1.807) is 18.0 Å². The third-order valence-electron chi connectivity index (χ3n) is 3.25. The van der Waals surface area contributed by atoms with Crippen molar-refractivity contribution in [2.75, 3.05) is 7.11 Å². The second kappa shape index (κ2) is 5.66. The summed E-state index contributed by atoms with van der Waals surface area (Å²) in [6.07, 6.45) is 1.75. The Kier molecular flexibility index (Phi) is 3.72. The molecule has 0 aliphatic carbocycles. The largest absolute Gasteiger partial charge is 0.497 e. The zero-order valence-corrected chi connectivity index (χ0v) is 12.6. The highest BCUT2D eigenvalue weighted by Gasteiger charge is 2.22. The maximum atomic E-state index is 5.16. The number of hydrazone groups is 1. The van der Waals surface area contributed by atoms with E-state index in [9.17, 15) is 0 Å². The van der Waals surface area contributed by atoms with E-state index in [0.717, 1.165) is 27.7 Å². The number of aromatic nitrogens is 2. The Morgan fingerprint density at radius 3 is 2.67 bits per heavy atom. The van der Waals surface area contributed by atoms with Crippen LogP contribution in [0.5, 0.6) is 5.75 Å². The van der Waals surface area contributed by atoms with Crippen LogP contribution in [0.25, 0.3) is 0 Å². The van der Waals surface area contributed by atoms with Gasteiger partial charge in [0.2, 0.25) is 0 Å². The predicted octanol–water partition coefficient (Wildman–Crippen LogP) is 0.904. The minimum atomic E-state index is 0.651. The summed E-state index contributed by atoms with van der Waals surface area (Å²) in [6.45, 7) is 0.651. The van der Waals surface area contributed by atoms with Gasteiger partial charge in [-0.1, -0.05) is 12.1 Å². The molecule has 7 nitrogen and oxygen atoms in total. The van der Waals surface area contributed by atoms with Crippen molar-refractivity contribution in [3.8, 4) is 5.75 Å². The Labute approximate surface area is 127 Å². The van der Waals surface area contributed by atoms with E-state index in [2.05, 4.69) is 33.9 Å². The summed E-state index contributed by atoms with van der Waals surface area (Å²) in [5.74, 6) is 1.59. The number of ether oxygens (including phenoxy) is 1. The topological polar surface area (TPSA) is 66.7 Å². The van der Waals surface area contributed by atoms with Crippen LogP contribution in [0.2, 0.25) is 0 Å². The number of amidine groups is 1. The summed E-state index contributed by atoms with van der Waals surface area (Å²) in [5, 5.41) is 11.1. The molecule has 2 aromatic rings. The molecule has 1 aliphatic rings. The average Bonchev–Trinajstić information content (AvgIpc) is 3.08. The second-order valence-corrected chi connectivity index (χ2v) is 5.02. The minimum absolute atomic E-state index is 0.651. The molecule has 21 heavy (non-hydrogen) atoms. The van der Waals surface area contributed by atoms with Crippen molar-refractivity contribution in [2.24, 2.45) is 12.1 Å². The van der Waals surface area contributed by atoms with Crippen LogP contribution >= 0.6 is 12.6 Å². The molecule has 1 aromatic heterocycles. The van der Waals surface area contributed by atoms with Gasteiger partial charge in [0.05, 0.1) is 25.4 Å². The number of nitrogens with zero attached hydrogens (tertiary/aromatic N) is 4. The molecule has 8 heteroatoms. The van der Waals surface area contributed by atoms with Crippen molar-refractivity contribution >= 4 is 18.5 Å². The Hall–Kier alpha value is -2.19. The molecule has 0 saturated heterocycles. The normalized spacial score (nSPS) is 14.0. The zero-order valence-electron chi connectivity index (χ0n) is 11.7. The molecule has 1 aromatic carbocycles. The molecular weight excluding hydrogens is 288 g/mol. The number of hydrogen-bond donors (Lipinski definition) is 3. The van der Waals surface area contributed by atoms with Gasteiger partial charge in [0, 0.05) is 7.05 Å². The monoisotopic (exact) mass is 304 g/mol. The van der Waals surface area contributed by atoms with E-state index in [4.69, 9.17) is 4.74 Å². The number of hydrogen-bond acceptors (Lipinski definition) is 7. The van der Waals surface area contributed by atoms with Crippen molar-refractivity contribution in [3.05, 3.63) is 41.6 Å². The first-order chi connectivity index (χ1) is 10.2. The first-order valence-electron chi connectivity index (χ1n) is 6.39. The maximum Gasteiger partial charge on any atom is 0.177 e. The van der Waals surface area contributed by atoms with Crippen LogP contribution in [0, 0.1) is 0 Å². The van der Waals surface area contributed by atoms with Crippen LogP contribution in [0.3, 0.4) is 0 Å². The van der Waals surface area contributed by atoms with Gasteiger partial charge >= 0.3 is 0 Å². The summed E-state index contributed by atoms with van der Waals surface area (Å²) in [5.41, 5.74) is 7.76. The summed E-state index contributed by atoms with van der Waals surface area (Å²) in [7, 11) is 3.50. The molecule has 0 atom stereocenters. The fourth-order valence-corrected chi connectivity index (χ4v) is 2.28. The van der Waals surface area contributed by atoms with Gasteiger partial charge in [-0.2, -0.15) is 5.10 Å². The Morgan fingerprint density at radius 1 is 1.29 bits per heavy atom. The van der Waals surface area contributed by atoms with Gasteiger partial charge in [0.15, 0.2) is 5.84 Å². The van der Waals surface area contributed by atoms with Gasteiger partial charge in [-0.15, -0.1) is 23.3 Å². The SMILES string of the molecule is COc1ccc(CN2NNN=C2c2cnn(C)c2S)cc1. The summed E-state index contributed by atoms with van der Waals surface area (Å²) in [6, 6.07) is 7.90. The Morgan fingerprint density at radius 2 is 2.05 bits per heavy atom. The molecular formula is C13H16N6OS. The minimum Gasteiger partial charge on any atom is -0.497 e. The van der Waals surface area contributed by atoms with Gasteiger partial charge in [0.25, 0.3) is 0 Å². The smallest absolute Gasteiger partial charge is 0.177 e. The number of methoxy groups -OCH3 is 1. The highest BCUT2D eigenvalue weighted by atomic mass is 32.1. The number of rotatable bonds is 4. The number of nitrogens with one attached hydrogen (secondary N) is 2. The van der Waals surface area contributed by atoms with E-state index < -0.39 is 0 Å². The summed E-state index contributed by atoms with van der Waals surface area (Å²) in [4.78, 5) is 0. The highest BCUT2D eigenvalue weighted by Crippen LogP contribution is 2.18. The lowest BCUT2D eigenvalue weighted by molar-refractivity contribution is 0.287. The van der Waals surface area contributed by atoms with E-state index in [-0.39, 0.29) is 0 Å². The first-order valence-corrected chi connectivity index (χ1v) is 6.84. The molecule has 3 rings (SSSR count). The lowest BCUT2D eigenvalue weighted by Gasteiger charge is -2.18. The Bertz CT molecular complexity index is 666. The average molecular weight is 304 g/mol. The van der Waals surface area contributed by atoms with Gasteiger partial charge in [-0.3, -0.25) is 9.69 Å². The molecule has 1 aliphatic heterocycles.